The van der Waals surface area contributed by atoms with Gasteiger partial charge < -0.3 is 4.74 Å². The molecule has 1 aliphatic heterocycles. The Morgan fingerprint density at radius 3 is 2.68 bits per heavy atom. The molecule has 0 saturated carbocycles. The first kappa shape index (κ1) is 11.9. The van der Waals surface area contributed by atoms with Crippen LogP contribution in [0.2, 0.25) is 0 Å². The van der Waals surface area contributed by atoms with E-state index >= 15 is 0 Å². The minimum atomic E-state index is -0.488. The van der Waals surface area contributed by atoms with Crippen LogP contribution in [-0.4, -0.2) is 12.4 Å². The second-order valence-electron chi connectivity index (χ2n) is 4.81. The van der Waals surface area contributed by atoms with Crippen molar-refractivity contribution in [3.8, 4) is 16.9 Å². The molecule has 2 aromatic rings. The number of aldehydes is 1. The number of fused-ring (bicyclic) bond motifs is 1. The average molecular weight is 256 g/mol. The molecule has 2 aromatic carbocycles. The standard InChI is InChI=1S/C16H13FO2/c1-10-6-14-7-11(4-5-16(14)19-10)12-2-3-13(9-18)15(17)8-12/h2-5,7-10H,6H2,1H3. The highest BCUT2D eigenvalue weighted by Gasteiger charge is 2.19. The largest absolute Gasteiger partial charge is 0.490 e. The van der Waals surface area contributed by atoms with Crippen LogP contribution in [0.15, 0.2) is 36.4 Å². The van der Waals surface area contributed by atoms with Crippen LogP contribution in [0.5, 0.6) is 5.75 Å². The van der Waals surface area contributed by atoms with E-state index < -0.39 is 5.82 Å². The normalized spacial score (nSPS) is 16.8. The summed E-state index contributed by atoms with van der Waals surface area (Å²) in [5, 5.41) is 0. The van der Waals surface area contributed by atoms with Crippen molar-refractivity contribution in [1.82, 2.24) is 0 Å². The monoisotopic (exact) mass is 256 g/mol. The summed E-state index contributed by atoms with van der Waals surface area (Å²) < 4.78 is 19.3. The van der Waals surface area contributed by atoms with Gasteiger partial charge in [0.2, 0.25) is 0 Å². The van der Waals surface area contributed by atoms with Crippen molar-refractivity contribution in [2.24, 2.45) is 0 Å². The van der Waals surface area contributed by atoms with Crippen molar-refractivity contribution in [3.05, 3.63) is 53.3 Å². The zero-order chi connectivity index (χ0) is 13.4. The van der Waals surface area contributed by atoms with E-state index in [0.717, 1.165) is 28.9 Å². The van der Waals surface area contributed by atoms with Crippen LogP contribution >= 0.6 is 0 Å². The lowest BCUT2D eigenvalue weighted by Gasteiger charge is -2.05. The van der Waals surface area contributed by atoms with Gasteiger partial charge in [-0.25, -0.2) is 4.39 Å². The van der Waals surface area contributed by atoms with Gasteiger partial charge >= 0.3 is 0 Å². The first-order chi connectivity index (χ1) is 9.17. The fourth-order valence-corrected chi connectivity index (χ4v) is 2.40. The molecule has 0 spiro atoms. The van der Waals surface area contributed by atoms with Crippen molar-refractivity contribution < 1.29 is 13.9 Å². The van der Waals surface area contributed by atoms with E-state index in [0.29, 0.717) is 6.29 Å². The van der Waals surface area contributed by atoms with Gasteiger partial charge in [-0.2, -0.15) is 0 Å². The van der Waals surface area contributed by atoms with E-state index in [4.69, 9.17) is 4.74 Å². The second-order valence-corrected chi connectivity index (χ2v) is 4.81. The van der Waals surface area contributed by atoms with Gasteiger partial charge in [-0.1, -0.05) is 12.1 Å². The van der Waals surface area contributed by atoms with E-state index in [1.807, 2.05) is 25.1 Å². The highest BCUT2D eigenvalue weighted by atomic mass is 19.1. The number of ether oxygens (including phenoxy) is 1. The molecule has 1 heterocycles. The Labute approximate surface area is 110 Å². The quantitative estimate of drug-likeness (QED) is 0.767. The van der Waals surface area contributed by atoms with E-state index in [9.17, 15) is 9.18 Å². The van der Waals surface area contributed by atoms with Crippen molar-refractivity contribution in [1.29, 1.82) is 0 Å². The summed E-state index contributed by atoms with van der Waals surface area (Å²) in [7, 11) is 0. The molecule has 3 heteroatoms. The Morgan fingerprint density at radius 1 is 1.21 bits per heavy atom. The molecule has 3 rings (SSSR count). The second kappa shape index (κ2) is 4.50. The Balaban J connectivity index is 2.01. The van der Waals surface area contributed by atoms with E-state index in [2.05, 4.69) is 0 Å². The maximum Gasteiger partial charge on any atom is 0.152 e. The summed E-state index contributed by atoms with van der Waals surface area (Å²) in [4.78, 5) is 10.6. The Hall–Kier alpha value is -2.16. The molecule has 1 aliphatic rings. The Morgan fingerprint density at radius 2 is 1.95 bits per heavy atom. The third-order valence-corrected chi connectivity index (χ3v) is 3.36. The number of halogens is 1. The summed E-state index contributed by atoms with van der Waals surface area (Å²) in [5.74, 6) is 0.416. The third-order valence-electron chi connectivity index (χ3n) is 3.36. The van der Waals surface area contributed by atoms with Crippen LogP contribution < -0.4 is 4.74 Å². The van der Waals surface area contributed by atoms with E-state index in [1.165, 1.54) is 12.1 Å². The first-order valence-corrected chi connectivity index (χ1v) is 6.22. The molecular weight excluding hydrogens is 243 g/mol. The average Bonchev–Trinajstić information content (AvgIpc) is 2.77. The summed E-state index contributed by atoms with van der Waals surface area (Å²) >= 11 is 0. The zero-order valence-electron chi connectivity index (χ0n) is 10.5. The molecule has 0 N–H and O–H groups in total. The number of benzene rings is 2. The molecule has 0 bridgehead atoms. The molecule has 2 nitrogen and oxygen atoms in total. The Kier molecular flexibility index (Phi) is 2.82. The molecule has 0 aliphatic carbocycles. The number of hydrogen-bond donors (Lipinski definition) is 0. The smallest absolute Gasteiger partial charge is 0.152 e. The summed E-state index contributed by atoms with van der Waals surface area (Å²) in [6, 6.07) is 10.5. The maximum atomic E-state index is 13.6. The van der Waals surface area contributed by atoms with Gasteiger partial charge in [0.05, 0.1) is 5.56 Å². The maximum absolute atomic E-state index is 13.6. The summed E-state index contributed by atoms with van der Waals surface area (Å²) in [6.07, 6.45) is 1.59. The van der Waals surface area contributed by atoms with Crippen molar-refractivity contribution in [2.75, 3.05) is 0 Å². The van der Waals surface area contributed by atoms with E-state index in [1.54, 1.807) is 6.07 Å². The van der Waals surface area contributed by atoms with Gasteiger partial charge in [0, 0.05) is 6.42 Å². The molecule has 0 fully saturated rings. The molecule has 0 aromatic heterocycles. The topological polar surface area (TPSA) is 26.3 Å². The zero-order valence-corrected chi connectivity index (χ0v) is 10.5. The van der Waals surface area contributed by atoms with Crippen LogP contribution in [0.25, 0.3) is 11.1 Å². The summed E-state index contributed by atoms with van der Waals surface area (Å²) in [6.45, 7) is 2.03. The lowest BCUT2D eigenvalue weighted by molar-refractivity contribution is 0.112. The molecular formula is C16H13FO2. The SMILES string of the molecule is CC1Cc2cc(-c3ccc(C=O)c(F)c3)ccc2O1. The van der Waals surface area contributed by atoms with E-state index in [-0.39, 0.29) is 11.7 Å². The van der Waals surface area contributed by atoms with Crippen molar-refractivity contribution >= 4 is 6.29 Å². The minimum Gasteiger partial charge on any atom is -0.490 e. The third kappa shape index (κ3) is 2.12. The van der Waals surface area contributed by atoms with Gasteiger partial charge in [0.25, 0.3) is 0 Å². The summed E-state index contributed by atoms with van der Waals surface area (Å²) in [5.41, 5.74) is 2.94. The highest BCUT2D eigenvalue weighted by Crippen LogP contribution is 2.33. The molecule has 0 amide bonds. The van der Waals surface area contributed by atoms with Gasteiger partial charge in [-0.3, -0.25) is 4.79 Å². The number of carbonyl (C=O) groups excluding carboxylic acids is 1. The van der Waals surface area contributed by atoms with Crippen LogP contribution in [-0.2, 0) is 6.42 Å². The molecule has 0 saturated heterocycles. The molecule has 1 atom stereocenters. The van der Waals surface area contributed by atoms with Crippen molar-refractivity contribution in [2.45, 2.75) is 19.4 Å². The Bertz CT molecular complexity index is 649. The molecule has 1 unspecified atom stereocenters. The predicted octanol–water partition coefficient (Wildman–Crippen LogP) is 3.63. The van der Waals surface area contributed by atoms with Crippen LogP contribution in [0.4, 0.5) is 4.39 Å². The minimum absolute atomic E-state index is 0.0851. The van der Waals surface area contributed by atoms with Crippen molar-refractivity contribution in [3.63, 3.8) is 0 Å². The fraction of sp³-hybridized carbons (Fsp3) is 0.188. The highest BCUT2D eigenvalue weighted by molar-refractivity contribution is 5.77. The molecule has 19 heavy (non-hydrogen) atoms. The number of rotatable bonds is 2. The van der Waals surface area contributed by atoms with Crippen LogP contribution in [0.1, 0.15) is 22.8 Å². The van der Waals surface area contributed by atoms with Gasteiger partial charge in [-0.15, -0.1) is 0 Å². The van der Waals surface area contributed by atoms with Crippen LogP contribution in [0, 0.1) is 5.82 Å². The lowest BCUT2D eigenvalue weighted by atomic mass is 10.00. The lowest BCUT2D eigenvalue weighted by Crippen LogP contribution is -2.05. The van der Waals surface area contributed by atoms with Gasteiger partial charge in [0.15, 0.2) is 6.29 Å². The van der Waals surface area contributed by atoms with Gasteiger partial charge in [0.1, 0.15) is 17.7 Å². The molecule has 96 valence electrons. The van der Waals surface area contributed by atoms with Crippen LogP contribution in [0.3, 0.4) is 0 Å². The fourth-order valence-electron chi connectivity index (χ4n) is 2.40. The number of hydrogen-bond acceptors (Lipinski definition) is 2. The number of carbonyl (C=O) groups is 1. The molecule has 0 radical (unpaired) electrons. The van der Waals surface area contributed by atoms with Gasteiger partial charge in [-0.05, 0) is 47.9 Å². The first-order valence-electron chi connectivity index (χ1n) is 6.22. The predicted molar refractivity (Wildman–Crippen MR) is 71.0 cm³/mol.